The lowest BCUT2D eigenvalue weighted by Gasteiger charge is -2.20. The van der Waals surface area contributed by atoms with Gasteiger partial charge in [-0.1, -0.05) is 13.8 Å². The molecule has 0 aromatic heterocycles. The van der Waals surface area contributed by atoms with Gasteiger partial charge in [-0.2, -0.15) is 11.8 Å². The Labute approximate surface area is 98.5 Å². The minimum Gasteiger partial charge on any atom is -0.385 e. The quantitative estimate of drug-likeness (QED) is 0.680. The Balaban J connectivity index is 2.15. The van der Waals surface area contributed by atoms with E-state index in [-0.39, 0.29) is 0 Å². The van der Waals surface area contributed by atoms with Crippen LogP contribution in [0.2, 0.25) is 0 Å². The first-order valence-electron chi connectivity index (χ1n) is 6.13. The Morgan fingerprint density at radius 2 is 2.20 bits per heavy atom. The molecule has 3 unspecified atom stereocenters. The van der Waals surface area contributed by atoms with Crippen LogP contribution in [-0.4, -0.2) is 37.3 Å². The van der Waals surface area contributed by atoms with Gasteiger partial charge in [0.25, 0.3) is 0 Å². The zero-order valence-corrected chi connectivity index (χ0v) is 11.1. The molecule has 1 aliphatic carbocycles. The van der Waals surface area contributed by atoms with E-state index in [0.29, 0.717) is 0 Å². The van der Waals surface area contributed by atoms with Crippen molar-refractivity contribution >= 4 is 11.8 Å². The number of nitrogens with one attached hydrogen (secondary N) is 1. The van der Waals surface area contributed by atoms with Crippen LogP contribution >= 0.6 is 11.8 Å². The van der Waals surface area contributed by atoms with E-state index in [0.717, 1.165) is 30.4 Å². The molecule has 1 saturated carbocycles. The highest BCUT2D eigenvalue weighted by molar-refractivity contribution is 7.99. The van der Waals surface area contributed by atoms with E-state index >= 15 is 0 Å². The first-order chi connectivity index (χ1) is 7.29. The van der Waals surface area contributed by atoms with Crippen molar-refractivity contribution in [2.45, 2.75) is 44.4 Å². The number of hydrogen-bond acceptors (Lipinski definition) is 3. The standard InChI is InChI=1S/C12H25NOS/c1-4-13-11-6-7-12(10(11)2)15-9-5-8-14-3/h10-13H,4-9H2,1-3H3. The van der Waals surface area contributed by atoms with E-state index in [9.17, 15) is 0 Å². The van der Waals surface area contributed by atoms with Crippen LogP contribution in [0.4, 0.5) is 0 Å². The SMILES string of the molecule is CCNC1CCC(SCCCOC)C1C. The monoisotopic (exact) mass is 231 g/mol. The second-order valence-electron chi connectivity index (χ2n) is 4.36. The molecule has 0 spiro atoms. The summed E-state index contributed by atoms with van der Waals surface area (Å²) in [5.74, 6) is 2.08. The van der Waals surface area contributed by atoms with Gasteiger partial charge in [0.1, 0.15) is 0 Å². The fourth-order valence-corrected chi connectivity index (χ4v) is 3.74. The fraction of sp³-hybridized carbons (Fsp3) is 1.00. The molecular formula is C12H25NOS. The molecule has 0 aliphatic heterocycles. The number of rotatable bonds is 7. The number of hydrogen-bond donors (Lipinski definition) is 1. The van der Waals surface area contributed by atoms with Crippen molar-refractivity contribution in [2.75, 3.05) is 26.0 Å². The molecule has 0 bridgehead atoms. The van der Waals surface area contributed by atoms with Gasteiger partial charge in [0.15, 0.2) is 0 Å². The van der Waals surface area contributed by atoms with Crippen LogP contribution in [0.1, 0.15) is 33.1 Å². The molecule has 1 aliphatic rings. The summed E-state index contributed by atoms with van der Waals surface area (Å²) in [6, 6.07) is 0.759. The van der Waals surface area contributed by atoms with Crippen molar-refractivity contribution in [3.63, 3.8) is 0 Å². The smallest absolute Gasteiger partial charge is 0.0470 e. The highest BCUT2D eigenvalue weighted by Crippen LogP contribution is 2.35. The zero-order chi connectivity index (χ0) is 11.1. The molecule has 0 aromatic carbocycles. The molecule has 1 N–H and O–H groups in total. The first kappa shape index (κ1) is 13.3. The van der Waals surface area contributed by atoms with Gasteiger partial charge in [0.2, 0.25) is 0 Å². The summed E-state index contributed by atoms with van der Waals surface area (Å²) in [5, 5.41) is 4.45. The molecule has 1 fully saturated rings. The van der Waals surface area contributed by atoms with Crippen molar-refractivity contribution in [3.05, 3.63) is 0 Å². The van der Waals surface area contributed by atoms with E-state index in [1.807, 2.05) is 0 Å². The molecule has 0 saturated heterocycles. The molecule has 15 heavy (non-hydrogen) atoms. The van der Waals surface area contributed by atoms with Crippen LogP contribution in [0.25, 0.3) is 0 Å². The summed E-state index contributed by atoms with van der Waals surface area (Å²) in [6.45, 7) is 6.61. The van der Waals surface area contributed by atoms with Crippen LogP contribution in [0, 0.1) is 5.92 Å². The third kappa shape index (κ3) is 4.33. The maximum absolute atomic E-state index is 5.07. The summed E-state index contributed by atoms with van der Waals surface area (Å²) < 4.78 is 5.07. The average molecular weight is 231 g/mol. The van der Waals surface area contributed by atoms with Crippen LogP contribution in [0.15, 0.2) is 0 Å². The number of methoxy groups -OCH3 is 1. The summed E-state index contributed by atoms with van der Waals surface area (Å²) in [4.78, 5) is 0. The van der Waals surface area contributed by atoms with Gasteiger partial charge in [-0.15, -0.1) is 0 Å². The number of thioether (sulfide) groups is 1. The molecule has 3 atom stereocenters. The highest BCUT2D eigenvalue weighted by Gasteiger charge is 2.31. The molecular weight excluding hydrogens is 206 g/mol. The maximum atomic E-state index is 5.07. The molecule has 2 nitrogen and oxygen atoms in total. The lowest BCUT2D eigenvalue weighted by atomic mass is 10.1. The zero-order valence-electron chi connectivity index (χ0n) is 10.3. The predicted molar refractivity (Wildman–Crippen MR) is 68.6 cm³/mol. The summed E-state index contributed by atoms with van der Waals surface area (Å²) >= 11 is 2.14. The van der Waals surface area contributed by atoms with Gasteiger partial charge in [0, 0.05) is 25.0 Å². The highest BCUT2D eigenvalue weighted by atomic mass is 32.2. The van der Waals surface area contributed by atoms with Crippen molar-refractivity contribution < 1.29 is 4.74 Å². The maximum Gasteiger partial charge on any atom is 0.0470 e. The lowest BCUT2D eigenvalue weighted by Crippen LogP contribution is -2.33. The lowest BCUT2D eigenvalue weighted by molar-refractivity contribution is 0.200. The number of ether oxygens (including phenoxy) is 1. The minimum atomic E-state index is 0.759. The van der Waals surface area contributed by atoms with Gasteiger partial charge in [-0.05, 0) is 37.5 Å². The van der Waals surface area contributed by atoms with Gasteiger partial charge in [-0.3, -0.25) is 0 Å². The topological polar surface area (TPSA) is 21.3 Å². The van der Waals surface area contributed by atoms with Crippen LogP contribution in [-0.2, 0) is 4.74 Å². The molecule has 3 heteroatoms. The predicted octanol–water partition coefficient (Wildman–Crippen LogP) is 2.53. The van der Waals surface area contributed by atoms with Crippen molar-refractivity contribution in [1.82, 2.24) is 5.32 Å². The second-order valence-corrected chi connectivity index (χ2v) is 5.70. The third-order valence-corrected chi connectivity index (χ3v) is 4.89. The molecule has 90 valence electrons. The first-order valence-corrected chi connectivity index (χ1v) is 7.18. The molecule has 0 radical (unpaired) electrons. The molecule has 0 amide bonds. The summed E-state index contributed by atoms with van der Waals surface area (Å²) in [7, 11) is 1.78. The minimum absolute atomic E-state index is 0.759. The summed E-state index contributed by atoms with van der Waals surface area (Å²) in [5.41, 5.74) is 0. The Bertz CT molecular complexity index is 166. The van der Waals surface area contributed by atoms with E-state index < -0.39 is 0 Å². The largest absolute Gasteiger partial charge is 0.385 e. The van der Waals surface area contributed by atoms with E-state index in [2.05, 4.69) is 30.9 Å². The fourth-order valence-electron chi connectivity index (χ4n) is 2.35. The van der Waals surface area contributed by atoms with Crippen molar-refractivity contribution in [1.29, 1.82) is 0 Å². The second kappa shape index (κ2) is 7.53. The van der Waals surface area contributed by atoms with Gasteiger partial charge in [0.05, 0.1) is 0 Å². The normalized spacial score (nSPS) is 31.0. The van der Waals surface area contributed by atoms with Gasteiger partial charge >= 0.3 is 0 Å². The van der Waals surface area contributed by atoms with E-state index in [1.54, 1.807) is 7.11 Å². The summed E-state index contributed by atoms with van der Waals surface area (Å²) in [6.07, 6.45) is 3.93. The van der Waals surface area contributed by atoms with Crippen LogP contribution in [0.3, 0.4) is 0 Å². The van der Waals surface area contributed by atoms with E-state index in [4.69, 9.17) is 4.74 Å². The van der Waals surface area contributed by atoms with Gasteiger partial charge in [-0.25, -0.2) is 0 Å². The Morgan fingerprint density at radius 3 is 2.87 bits per heavy atom. The van der Waals surface area contributed by atoms with Crippen LogP contribution < -0.4 is 5.32 Å². The van der Waals surface area contributed by atoms with Crippen molar-refractivity contribution in [3.8, 4) is 0 Å². The Hall–Kier alpha value is 0.270. The Kier molecular flexibility index (Phi) is 6.69. The van der Waals surface area contributed by atoms with Crippen LogP contribution in [0.5, 0.6) is 0 Å². The molecule has 0 heterocycles. The Morgan fingerprint density at radius 1 is 1.40 bits per heavy atom. The molecule has 0 aromatic rings. The van der Waals surface area contributed by atoms with E-state index in [1.165, 1.54) is 25.0 Å². The van der Waals surface area contributed by atoms with Crippen molar-refractivity contribution in [2.24, 2.45) is 5.92 Å². The van der Waals surface area contributed by atoms with Gasteiger partial charge < -0.3 is 10.1 Å². The molecule has 1 rings (SSSR count). The third-order valence-electron chi connectivity index (χ3n) is 3.27. The average Bonchev–Trinajstić information content (AvgIpc) is 2.57.